The first-order valence-electron chi connectivity index (χ1n) is 6.90. The molecule has 1 saturated carbocycles. The van der Waals surface area contributed by atoms with Gasteiger partial charge in [-0.2, -0.15) is 0 Å². The summed E-state index contributed by atoms with van der Waals surface area (Å²) in [5.74, 6) is 0.973. The lowest BCUT2D eigenvalue weighted by atomic mass is 9.99. The van der Waals surface area contributed by atoms with Gasteiger partial charge in [-0.05, 0) is 30.7 Å². The maximum Gasteiger partial charge on any atom is 0.220 e. The Hall–Kier alpha value is -1.35. The Balaban J connectivity index is 1.66. The molecule has 2 fully saturated rings. The van der Waals surface area contributed by atoms with Gasteiger partial charge in [-0.1, -0.05) is 30.3 Å². The minimum absolute atomic E-state index is 0.190. The number of hydrogen-bond acceptors (Lipinski definition) is 2. The first-order valence-corrected chi connectivity index (χ1v) is 6.90. The molecule has 2 atom stereocenters. The van der Waals surface area contributed by atoms with Crippen molar-refractivity contribution < 1.29 is 4.79 Å². The number of nitrogens with one attached hydrogen (secondary N) is 2. The maximum atomic E-state index is 11.2. The van der Waals surface area contributed by atoms with Crippen molar-refractivity contribution in [2.24, 2.45) is 5.92 Å². The van der Waals surface area contributed by atoms with Crippen LogP contribution in [0.15, 0.2) is 30.3 Å². The van der Waals surface area contributed by atoms with E-state index in [1.165, 1.54) is 18.4 Å². The van der Waals surface area contributed by atoms with Gasteiger partial charge in [-0.25, -0.2) is 0 Å². The van der Waals surface area contributed by atoms with E-state index in [-0.39, 0.29) is 5.91 Å². The fourth-order valence-corrected chi connectivity index (χ4v) is 2.72. The largest absolute Gasteiger partial charge is 0.355 e. The molecule has 3 nitrogen and oxygen atoms in total. The highest BCUT2D eigenvalue weighted by atomic mass is 16.1. The molecule has 1 aromatic carbocycles. The molecular weight excluding hydrogens is 224 g/mol. The van der Waals surface area contributed by atoms with Gasteiger partial charge in [0.15, 0.2) is 0 Å². The van der Waals surface area contributed by atoms with Gasteiger partial charge in [0.1, 0.15) is 0 Å². The van der Waals surface area contributed by atoms with E-state index < -0.39 is 0 Å². The summed E-state index contributed by atoms with van der Waals surface area (Å²) in [6.45, 7) is 0.773. The predicted octanol–water partition coefficient (Wildman–Crippen LogP) is 2.01. The highest BCUT2D eigenvalue weighted by Gasteiger charge is 2.34. The van der Waals surface area contributed by atoms with Crippen LogP contribution < -0.4 is 10.6 Å². The molecule has 1 aliphatic carbocycles. The molecule has 96 valence electrons. The number of benzene rings is 1. The van der Waals surface area contributed by atoms with Gasteiger partial charge >= 0.3 is 0 Å². The van der Waals surface area contributed by atoms with Crippen LogP contribution in [0.1, 0.15) is 37.3 Å². The zero-order valence-electron chi connectivity index (χ0n) is 10.6. The fourth-order valence-electron chi connectivity index (χ4n) is 2.72. The minimum Gasteiger partial charge on any atom is -0.355 e. The number of rotatable bonds is 4. The molecule has 3 heteroatoms. The van der Waals surface area contributed by atoms with Crippen molar-refractivity contribution in [3.63, 3.8) is 0 Å². The summed E-state index contributed by atoms with van der Waals surface area (Å²) in [5, 5.41) is 6.69. The van der Waals surface area contributed by atoms with E-state index in [0.717, 1.165) is 18.9 Å². The highest BCUT2D eigenvalue weighted by molar-refractivity contribution is 5.76. The normalized spacial score (nSPS) is 25.6. The third kappa shape index (κ3) is 2.72. The van der Waals surface area contributed by atoms with Crippen LogP contribution in [-0.4, -0.2) is 18.5 Å². The lowest BCUT2D eigenvalue weighted by Crippen LogP contribution is -2.47. The van der Waals surface area contributed by atoms with Crippen molar-refractivity contribution in [3.8, 4) is 0 Å². The van der Waals surface area contributed by atoms with E-state index in [9.17, 15) is 4.79 Å². The molecule has 2 unspecified atom stereocenters. The summed E-state index contributed by atoms with van der Waals surface area (Å²) in [4.78, 5) is 11.2. The van der Waals surface area contributed by atoms with Crippen LogP contribution in [0.2, 0.25) is 0 Å². The molecule has 1 aliphatic heterocycles. The standard InChI is InChI=1S/C15H20N2O/c18-14-9-8-13(10-16-14)17-15(12-6-7-12)11-4-2-1-3-5-11/h1-5,12-13,15,17H,6-10H2,(H,16,18). The summed E-state index contributed by atoms with van der Waals surface area (Å²) in [5.41, 5.74) is 1.39. The molecule has 0 spiro atoms. The zero-order valence-corrected chi connectivity index (χ0v) is 10.6. The second-order valence-corrected chi connectivity index (χ2v) is 5.43. The van der Waals surface area contributed by atoms with Crippen molar-refractivity contribution in [2.45, 2.75) is 37.8 Å². The Morgan fingerprint density at radius 1 is 1.17 bits per heavy atom. The molecule has 0 radical (unpaired) electrons. The van der Waals surface area contributed by atoms with Crippen LogP contribution in [0.4, 0.5) is 0 Å². The lowest BCUT2D eigenvalue weighted by Gasteiger charge is -2.29. The number of amides is 1. The number of carbonyl (C=O) groups excluding carboxylic acids is 1. The quantitative estimate of drug-likeness (QED) is 0.850. The van der Waals surface area contributed by atoms with Crippen LogP contribution in [0, 0.1) is 5.92 Å². The third-order valence-electron chi connectivity index (χ3n) is 3.93. The van der Waals surface area contributed by atoms with Gasteiger partial charge in [-0.3, -0.25) is 4.79 Å². The van der Waals surface area contributed by atoms with Gasteiger partial charge in [-0.15, -0.1) is 0 Å². The van der Waals surface area contributed by atoms with Crippen molar-refractivity contribution in [1.29, 1.82) is 0 Å². The van der Waals surface area contributed by atoms with E-state index >= 15 is 0 Å². The van der Waals surface area contributed by atoms with Crippen LogP contribution in [-0.2, 0) is 4.79 Å². The van der Waals surface area contributed by atoms with Crippen molar-refractivity contribution in [1.82, 2.24) is 10.6 Å². The SMILES string of the molecule is O=C1CCC(NC(c2ccccc2)C2CC2)CN1. The van der Waals surface area contributed by atoms with Crippen molar-refractivity contribution >= 4 is 5.91 Å². The lowest BCUT2D eigenvalue weighted by molar-refractivity contribution is -0.122. The molecule has 1 amide bonds. The Morgan fingerprint density at radius 2 is 1.94 bits per heavy atom. The molecule has 0 bridgehead atoms. The third-order valence-corrected chi connectivity index (χ3v) is 3.93. The monoisotopic (exact) mass is 244 g/mol. The Kier molecular flexibility index (Phi) is 3.33. The van der Waals surface area contributed by atoms with Crippen LogP contribution >= 0.6 is 0 Å². The number of carbonyl (C=O) groups is 1. The molecule has 2 aliphatic rings. The van der Waals surface area contributed by atoms with E-state index in [1.54, 1.807) is 0 Å². The number of hydrogen-bond donors (Lipinski definition) is 2. The predicted molar refractivity (Wildman–Crippen MR) is 71.1 cm³/mol. The summed E-state index contributed by atoms with van der Waals surface area (Å²) in [6.07, 6.45) is 4.27. The average molecular weight is 244 g/mol. The van der Waals surface area contributed by atoms with E-state index in [4.69, 9.17) is 0 Å². The highest BCUT2D eigenvalue weighted by Crippen LogP contribution is 2.41. The molecule has 0 aromatic heterocycles. The second kappa shape index (κ2) is 5.11. The minimum atomic E-state index is 0.190. The summed E-state index contributed by atoms with van der Waals surface area (Å²) < 4.78 is 0. The molecule has 1 heterocycles. The average Bonchev–Trinajstić information content (AvgIpc) is 3.23. The van der Waals surface area contributed by atoms with Crippen LogP contribution in [0.3, 0.4) is 0 Å². The maximum absolute atomic E-state index is 11.2. The van der Waals surface area contributed by atoms with Gasteiger partial charge in [0.25, 0.3) is 0 Å². The van der Waals surface area contributed by atoms with Gasteiger partial charge in [0.2, 0.25) is 5.91 Å². The van der Waals surface area contributed by atoms with Crippen molar-refractivity contribution in [3.05, 3.63) is 35.9 Å². The summed E-state index contributed by atoms with van der Waals surface area (Å²) in [7, 11) is 0. The summed E-state index contributed by atoms with van der Waals surface area (Å²) in [6, 6.07) is 11.6. The smallest absolute Gasteiger partial charge is 0.220 e. The van der Waals surface area contributed by atoms with Crippen LogP contribution in [0.25, 0.3) is 0 Å². The zero-order chi connectivity index (χ0) is 12.4. The second-order valence-electron chi connectivity index (χ2n) is 5.43. The Morgan fingerprint density at radius 3 is 2.56 bits per heavy atom. The van der Waals surface area contributed by atoms with Gasteiger partial charge in [0, 0.05) is 25.0 Å². The first-order chi connectivity index (χ1) is 8.83. The molecular formula is C15H20N2O. The van der Waals surface area contributed by atoms with E-state index in [2.05, 4.69) is 41.0 Å². The molecule has 1 aromatic rings. The summed E-state index contributed by atoms with van der Waals surface area (Å²) >= 11 is 0. The fraction of sp³-hybridized carbons (Fsp3) is 0.533. The van der Waals surface area contributed by atoms with E-state index in [0.29, 0.717) is 18.5 Å². The van der Waals surface area contributed by atoms with Crippen LogP contribution in [0.5, 0.6) is 0 Å². The van der Waals surface area contributed by atoms with Gasteiger partial charge in [0.05, 0.1) is 0 Å². The van der Waals surface area contributed by atoms with Crippen molar-refractivity contribution in [2.75, 3.05) is 6.54 Å². The molecule has 3 rings (SSSR count). The molecule has 1 saturated heterocycles. The Labute approximate surface area is 108 Å². The van der Waals surface area contributed by atoms with E-state index in [1.807, 2.05) is 0 Å². The topological polar surface area (TPSA) is 41.1 Å². The Bertz CT molecular complexity index is 404. The van der Waals surface area contributed by atoms with Gasteiger partial charge < -0.3 is 10.6 Å². The first kappa shape index (κ1) is 11.7. The molecule has 18 heavy (non-hydrogen) atoms. The molecule has 2 N–H and O–H groups in total. The number of piperidine rings is 1.